The SMILES string of the molecule is CCc1nc(C2CCCCC2)sc1CO. The average molecular weight is 225 g/mol. The van der Waals surface area contributed by atoms with Gasteiger partial charge in [0.2, 0.25) is 0 Å². The highest BCUT2D eigenvalue weighted by Crippen LogP contribution is 2.35. The van der Waals surface area contributed by atoms with E-state index in [0.717, 1.165) is 17.0 Å². The van der Waals surface area contributed by atoms with E-state index in [1.807, 2.05) is 0 Å². The van der Waals surface area contributed by atoms with Crippen LogP contribution in [0.5, 0.6) is 0 Å². The zero-order valence-electron chi connectivity index (χ0n) is 9.33. The molecule has 3 heteroatoms. The molecule has 0 spiro atoms. The molecule has 1 heterocycles. The number of aryl methyl sites for hydroxylation is 1. The molecule has 0 aliphatic heterocycles. The van der Waals surface area contributed by atoms with E-state index in [-0.39, 0.29) is 6.61 Å². The van der Waals surface area contributed by atoms with Crippen LogP contribution in [0.15, 0.2) is 0 Å². The number of hydrogen-bond donors (Lipinski definition) is 1. The van der Waals surface area contributed by atoms with E-state index in [2.05, 4.69) is 11.9 Å². The van der Waals surface area contributed by atoms with Crippen molar-refractivity contribution in [2.45, 2.75) is 58.0 Å². The van der Waals surface area contributed by atoms with Gasteiger partial charge in [-0.1, -0.05) is 26.2 Å². The first-order valence-corrected chi connectivity index (χ1v) is 6.76. The molecular weight excluding hydrogens is 206 g/mol. The van der Waals surface area contributed by atoms with Crippen LogP contribution in [0.3, 0.4) is 0 Å². The van der Waals surface area contributed by atoms with Gasteiger partial charge < -0.3 is 5.11 Å². The molecule has 0 atom stereocenters. The largest absolute Gasteiger partial charge is 0.391 e. The molecule has 1 aromatic rings. The summed E-state index contributed by atoms with van der Waals surface area (Å²) in [7, 11) is 0. The van der Waals surface area contributed by atoms with Crippen molar-refractivity contribution in [3.8, 4) is 0 Å². The Labute approximate surface area is 95.4 Å². The van der Waals surface area contributed by atoms with Gasteiger partial charge in [-0.3, -0.25) is 0 Å². The molecule has 1 aliphatic rings. The molecule has 1 N–H and O–H groups in total. The van der Waals surface area contributed by atoms with Crippen LogP contribution in [0.25, 0.3) is 0 Å². The van der Waals surface area contributed by atoms with E-state index in [9.17, 15) is 5.11 Å². The van der Waals surface area contributed by atoms with Crippen LogP contribution in [-0.4, -0.2) is 10.1 Å². The Morgan fingerprint density at radius 3 is 2.60 bits per heavy atom. The fraction of sp³-hybridized carbons (Fsp3) is 0.750. The summed E-state index contributed by atoms with van der Waals surface area (Å²) < 4.78 is 0. The minimum absolute atomic E-state index is 0.160. The molecule has 0 saturated heterocycles. The van der Waals surface area contributed by atoms with Crippen LogP contribution >= 0.6 is 11.3 Å². The Morgan fingerprint density at radius 1 is 1.33 bits per heavy atom. The number of aliphatic hydroxyl groups is 1. The average Bonchev–Trinajstić information content (AvgIpc) is 2.73. The van der Waals surface area contributed by atoms with Crippen LogP contribution in [0.1, 0.15) is 60.5 Å². The van der Waals surface area contributed by atoms with E-state index in [1.54, 1.807) is 11.3 Å². The Bertz CT molecular complexity index is 294. The molecule has 1 fully saturated rings. The normalized spacial score (nSPS) is 18.3. The Morgan fingerprint density at radius 2 is 2.07 bits per heavy atom. The number of thiazole rings is 1. The Kier molecular flexibility index (Phi) is 3.76. The summed E-state index contributed by atoms with van der Waals surface area (Å²) in [6.45, 7) is 2.27. The molecule has 15 heavy (non-hydrogen) atoms. The maximum atomic E-state index is 9.23. The molecule has 1 aliphatic carbocycles. The van der Waals surface area contributed by atoms with E-state index < -0.39 is 0 Å². The lowest BCUT2D eigenvalue weighted by Gasteiger charge is -2.18. The number of nitrogens with zero attached hydrogens (tertiary/aromatic N) is 1. The summed E-state index contributed by atoms with van der Waals surface area (Å²) >= 11 is 1.73. The Hall–Kier alpha value is -0.410. The molecule has 84 valence electrons. The third kappa shape index (κ3) is 2.40. The molecule has 1 aromatic heterocycles. The van der Waals surface area contributed by atoms with E-state index in [4.69, 9.17) is 0 Å². The third-order valence-electron chi connectivity index (χ3n) is 3.23. The first-order valence-electron chi connectivity index (χ1n) is 5.94. The molecule has 0 bridgehead atoms. The van der Waals surface area contributed by atoms with Gasteiger partial charge in [0.05, 0.1) is 22.2 Å². The summed E-state index contributed by atoms with van der Waals surface area (Å²) in [4.78, 5) is 5.76. The van der Waals surface area contributed by atoms with Crippen LogP contribution in [0.4, 0.5) is 0 Å². The lowest BCUT2D eigenvalue weighted by molar-refractivity contribution is 0.284. The molecule has 2 rings (SSSR count). The maximum absolute atomic E-state index is 9.23. The zero-order valence-corrected chi connectivity index (χ0v) is 10.1. The van der Waals surface area contributed by atoms with Crippen molar-refractivity contribution >= 4 is 11.3 Å². The second-order valence-electron chi connectivity index (χ2n) is 4.27. The number of aliphatic hydroxyl groups excluding tert-OH is 1. The fourth-order valence-corrected chi connectivity index (χ4v) is 3.51. The van der Waals surface area contributed by atoms with E-state index in [0.29, 0.717) is 5.92 Å². The van der Waals surface area contributed by atoms with Gasteiger partial charge in [0.15, 0.2) is 0 Å². The van der Waals surface area contributed by atoms with E-state index in [1.165, 1.54) is 37.1 Å². The lowest BCUT2D eigenvalue weighted by atomic mass is 9.90. The van der Waals surface area contributed by atoms with Gasteiger partial charge in [-0.15, -0.1) is 11.3 Å². The molecular formula is C12H19NOS. The van der Waals surface area contributed by atoms with E-state index >= 15 is 0 Å². The molecule has 0 aromatic carbocycles. The Balaban J connectivity index is 2.16. The van der Waals surface area contributed by atoms with Crippen molar-refractivity contribution in [3.05, 3.63) is 15.6 Å². The smallest absolute Gasteiger partial charge is 0.0962 e. The van der Waals surface area contributed by atoms with Crippen molar-refractivity contribution in [2.75, 3.05) is 0 Å². The molecule has 0 amide bonds. The minimum atomic E-state index is 0.160. The number of rotatable bonds is 3. The monoisotopic (exact) mass is 225 g/mol. The van der Waals surface area contributed by atoms with Gasteiger partial charge in [-0.25, -0.2) is 4.98 Å². The maximum Gasteiger partial charge on any atom is 0.0962 e. The number of aromatic nitrogens is 1. The van der Waals surface area contributed by atoms with Gasteiger partial charge in [0.1, 0.15) is 0 Å². The fourth-order valence-electron chi connectivity index (χ4n) is 2.33. The van der Waals surface area contributed by atoms with Crippen molar-refractivity contribution in [1.29, 1.82) is 0 Å². The highest BCUT2D eigenvalue weighted by molar-refractivity contribution is 7.11. The first kappa shape index (κ1) is 11.1. The van der Waals surface area contributed by atoms with Crippen molar-refractivity contribution in [3.63, 3.8) is 0 Å². The summed E-state index contributed by atoms with van der Waals surface area (Å²) in [6.07, 6.45) is 7.61. The third-order valence-corrected chi connectivity index (χ3v) is 4.47. The second kappa shape index (κ2) is 5.08. The van der Waals surface area contributed by atoms with Gasteiger partial charge in [0.25, 0.3) is 0 Å². The quantitative estimate of drug-likeness (QED) is 0.856. The predicted octanol–water partition coefficient (Wildman–Crippen LogP) is 3.25. The summed E-state index contributed by atoms with van der Waals surface area (Å²) in [6, 6.07) is 0. The highest BCUT2D eigenvalue weighted by atomic mass is 32.1. The molecule has 2 nitrogen and oxygen atoms in total. The van der Waals surface area contributed by atoms with Gasteiger partial charge >= 0.3 is 0 Å². The summed E-state index contributed by atoms with van der Waals surface area (Å²) in [5, 5.41) is 10.5. The van der Waals surface area contributed by atoms with Gasteiger partial charge in [0, 0.05) is 5.92 Å². The van der Waals surface area contributed by atoms with Crippen LogP contribution in [0, 0.1) is 0 Å². The second-order valence-corrected chi connectivity index (χ2v) is 5.38. The molecule has 1 saturated carbocycles. The molecule has 0 unspecified atom stereocenters. The minimum Gasteiger partial charge on any atom is -0.391 e. The topological polar surface area (TPSA) is 33.1 Å². The molecule has 0 radical (unpaired) electrons. The highest BCUT2D eigenvalue weighted by Gasteiger charge is 2.20. The lowest BCUT2D eigenvalue weighted by Crippen LogP contribution is -2.04. The van der Waals surface area contributed by atoms with Crippen molar-refractivity contribution in [2.24, 2.45) is 0 Å². The van der Waals surface area contributed by atoms with Gasteiger partial charge in [-0.05, 0) is 19.3 Å². The van der Waals surface area contributed by atoms with Crippen molar-refractivity contribution in [1.82, 2.24) is 4.98 Å². The standard InChI is InChI=1S/C12H19NOS/c1-2-10-11(8-14)15-12(13-10)9-6-4-3-5-7-9/h9,14H,2-8H2,1H3. The first-order chi connectivity index (χ1) is 7.35. The van der Waals surface area contributed by atoms with Gasteiger partial charge in [-0.2, -0.15) is 0 Å². The number of hydrogen-bond acceptors (Lipinski definition) is 3. The van der Waals surface area contributed by atoms with Crippen LogP contribution < -0.4 is 0 Å². The van der Waals surface area contributed by atoms with Crippen molar-refractivity contribution < 1.29 is 5.11 Å². The van der Waals surface area contributed by atoms with Crippen LogP contribution in [0.2, 0.25) is 0 Å². The predicted molar refractivity (Wildman–Crippen MR) is 63.2 cm³/mol. The zero-order chi connectivity index (χ0) is 10.7. The van der Waals surface area contributed by atoms with Crippen LogP contribution in [-0.2, 0) is 13.0 Å². The summed E-state index contributed by atoms with van der Waals surface area (Å²) in [5.41, 5.74) is 1.11. The summed E-state index contributed by atoms with van der Waals surface area (Å²) in [5.74, 6) is 0.675.